The summed E-state index contributed by atoms with van der Waals surface area (Å²) >= 11 is 5.80. The van der Waals surface area contributed by atoms with Gasteiger partial charge < -0.3 is 15.5 Å². The first-order valence-electron chi connectivity index (χ1n) is 5.38. The van der Waals surface area contributed by atoms with E-state index in [1.165, 1.54) is 0 Å². The number of anilines is 2. The first-order valence-corrected chi connectivity index (χ1v) is 5.76. The fourth-order valence-corrected chi connectivity index (χ4v) is 1.86. The van der Waals surface area contributed by atoms with Gasteiger partial charge in [-0.15, -0.1) is 0 Å². The quantitative estimate of drug-likeness (QED) is 0.790. The van der Waals surface area contributed by atoms with Gasteiger partial charge in [-0.3, -0.25) is 0 Å². The molecule has 2 heterocycles. The van der Waals surface area contributed by atoms with Crippen LogP contribution in [-0.2, 0) is 0 Å². The number of hydrogen-bond donors (Lipinski definition) is 1. The highest BCUT2D eigenvalue weighted by molar-refractivity contribution is 6.32. The van der Waals surface area contributed by atoms with E-state index in [0.717, 1.165) is 32.6 Å². The maximum absolute atomic E-state index is 5.80. The van der Waals surface area contributed by atoms with Gasteiger partial charge in [-0.2, -0.15) is 4.98 Å². The van der Waals surface area contributed by atoms with E-state index in [2.05, 4.69) is 26.8 Å². The number of nitrogen functional groups attached to an aromatic ring is 1. The molecule has 1 fully saturated rings. The van der Waals surface area contributed by atoms with Crippen molar-refractivity contribution in [3.63, 3.8) is 0 Å². The Morgan fingerprint density at radius 3 is 2.88 bits per heavy atom. The van der Waals surface area contributed by atoms with Crippen LogP contribution in [0, 0.1) is 0 Å². The van der Waals surface area contributed by atoms with Crippen LogP contribution in [-0.4, -0.2) is 48.1 Å². The Kier molecular flexibility index (Phi) is 3.46. The van der Waals surface area contributed by atoms with Crippen molar-refractivity contribution in [2.24, 2.45) is 0 Å². The molecule has 0 amide bonds. The van der Waals surface area contributed by atoms with Crippen LogP contribution in [0.25, 0.3) is 0 Å². The van der Waals surface area contributed by atoms with Crippen LogP contribution in [0.4, 0.5) is 11.8 Å². The Balaban J connectivity index is 2.13. The van der Waals surface area contributed by atoms with E-state index >= 15 is 0 Å². The molecule has 0 aliphatic carbocycles. The first-order chi connectivity index (χ1) is 7.66. The zero-order valence-corrected chi connectivity index (χ0v) is 10.1. The maximum Gasteiger partial charge on any atom is 0.227 e. The van der Waals surface area contributed by atoms with E-state index < -0.39 is 0 Å². The van der Waals surface area contributed by atoms with Crippen molar-refractivity contribution < 1.29 is 0 Å². The summed E-state index contributed by atoms with van der Waals surface area (Å²) in [6.45, 7) is 4.02. The van der Waals surface area contributed by atoms with Crippen molar-refractivity contribution in [1.82, 2.24) is 14.9 Å². The largest absolute Gasteiger partial charge is 0.382 e. The lowest BCUT2D eigenvalue weighted by molar-refractivity contribution is 0.360. The second-order valence-electron chi connectivity index (χ2n) is 4.05. The molecule has 1 aliphatic heterocycles. The summed E-state index contributed by atoms with van der Waals surface area (Å²) in [7, 11) is 2.13. The van der Waals surface area contributed by atoms with Crippen molar-refractivity contribution in [3.8, 4) is 0 Å². The molecule has 2 rings (SSSR count). The number of aromatic nitrogens is 2. The fourth-order valence-electron chi connectivity index (χ4n) is 1.77. The van der Waals surface area contributed by atoms with Gasteiger partial charge in [0.25, 0.3) is 0 Å². The van der Waals surface area contributed by atoms with E-state index in [0.29, 0.717) is 16.8 Å². The molecule has 0 aromatic carbocycles. The molecular weight excluding hydrogens is 226 g/mol. The molecule has 1 aromatic rings. The van der Waals surface area contributed by atoms with Crippen molar-refractivity contribution in [2.45, 2.75) is 6.42 Å². The van der Waals surface area contributed by atoms with Gasteiger partial charge in [-0.1, -0.05) is 11.6 Å². The van der Waals surface area contributed by atoms with Crippen LogP contribution in [0.2, 0.25) is 5.02 Å². The smallest absolute Gasteiger partial charge is 0.227 e. The third kappa shape index (κ3) is 2.54. The van der Waals surface area contributed by atoms with Crippen LogP contribution in [0.15, 0.2) is 6.20 Å². The lowest BCUT2D eigenvalue weighted by Crippen LogP contribution is -2.30. The molecule has 0 spiro atoms. The van der Waals surface area contributed by atoms with Gasteiger partial charge in [0.2, 0.25) is 5.95 Å². The number of nitrogens with two attached hydrogens (primary N) is 1. The molecule has 6 heteroatoms. The molecule has 1 aromatic heterocycles. The summed E-state index contributed by atoms with van der Waals surface area (Å²) in [5.41, 5.74) is 5.67. The van der Waals surface area contributed by atoms with Crippen molar-refractivity contribution in [1.29, 1.82) is 0 Å². The van der Waals surface area contributed by atoms with Crippen molar-refractivity contribution in [3.05, 3.63) is 11.2 Å². The van der Waals surface area contributed by atoms with Crippen molar-refractivity contribution in [2.75, 3.05) is 43.9 Å². The van der Waals surface area contributed by atoms with Gasteiger partial charge >= 0.3 is 0 Å². The average Bonchev–Trinajstić information content (AvgIpc) is 2.47. The second kappa shape index (κ2) is 4.84. The molecule has 16 heavy (non-hydrogen) atoms. The van der Waals surface area contributed by atoms with Gasteiger partial charge in [-0.25, -0.2) is 4.98 Å². The normalized spacial score (nSPS) is 18.5. The molecule has 0 atom stereocenters. The highest BCUT2D eigenvalue weighted by Crippen LogP contribution is 2.18. The highest BCUT2D eigenvalue weighted by atomic mass is 35.5. The van der Waals surface area contributed by atoms with E-state index in [1.807, 2.05) is 0 Å². The second-order valence-corrected chi connectivity index (χ2v) is 4.45. The van der Waals surface area contributed by atoms with Gasteiger partial charge in [0, 0.05) is 19.6 Å². The maximum atomic E-state index is 5.80. The highest BCUT2D eigenvalue weighted by Gasteiger charge is 2.15. The van der Waals surface area contributed by atoms with Gasteiger partial charge in [-0.05, 0) is 20.0 Å². The van der Waals surface area contributed by atoms with E-state index in [4.69, 9.17) is 17.3 Å². The Bertz CT molecular complexity index is 370. The van der Waals surface area contributed by atoms with Crippen LogP contribution in [0.3, 0.4) is 0 Å². The summed E-state index contributed by atoms with van der Waals surface area (Å²) in [6.07, 6.45) is 2.68. The third-order valence-electron chi connectivity index (χ3n) is 2.76. The Morgan fingerprint density at radius 1 is 1.31 bits per heavy atom. The van der Waals surface area contributed by atoms with Gasteiger partial charge in [0.15, 0.2) is 0 Å². The topological polar surface area (TPSA) is 58.3 Å². The molecule has 5 nitrogen and oxygen atoms in total. The zero-order chi connectivity index (χ0) is 11.5. The third-order valence-corrected chi connectivity index (χ3v) is 3.05. The van der Waals surface area contributed by atoms with Crippen LogP contribution in [0.5, 0.6) is 0 Å². The monoisotopic (exact) mass is 241 g/mol. The SMILES string of the molecule is CN1CCCN(c2ncc(Cl)c(N)n2)CC1. The summed E-state index contributed by atoms with van der Waals surface area (Å²) in [6, 6.07) is 0. The summed E-state index contributed by atoms with van der Waals surface area (Å²) in [5.74, 6) is 1.03. The van der Waals surface area contributed by atoms with Crippen LogP contribution in [0.1, 0.15) is 6.42 Å². The molecule has 0 saturated carbocycles. The van der Waals surface area contributed by atoms with Gasteiger partial charge in [0.05, 0.1) is 6.20 Å². The van der Waals surface area contributed by atoms with E-state index in [1.54, 1.807) is 6.20 Å². The molecule has 2 N–H and O–H groups in total. The predicted molar refractivity (Wildman–Crippen MR) is 65.8 cm³/mol. The molecule has 0 radical (unpaired) electrons. The lowest BCUT2D eigenvalue weighted by Gasteiger charge is -2.20. The molecule has 0 bridgehead atoms. The molecule has 1 saturated heterocycles. The Labute approximate surface area is 100 Å². The van der Waals surface area contributed by atoms with Crippen LogP contribution >= 0.6 is 11.6 Å². The number of hydrogen-bond acceptors (Lipinski definition) is 5. The molecule has 1 aliphatic rings. The van der Waals surface area contributed by atoms with Gasteiger partial charge in [0.1, 0.15) is 10.8 Å². The Hall–Kier alpha value is -1.07. The van der Waals surface area contributed by atoms with Crippen molar-refractivity contribution >= 4 is 23.4 Å². The molecule has 0 unspecified atom stereocenters. The van der Waals surface area contributed by atoms with E-state index in [9.17, 15) is 0 Å². The minimum Gasteiger partial charge on any atom is -0.382 e. The predicted octanol–water partition coefficient (Wildman–Crippen LogP) is 0.854. The summed E-state index contributed by atoms with van der Waals surface area (Å²) < 4.78 is 0. The Morgan fingerprint density at radius 2 is 2.12 bits per heavy atom. The zero-order valence-electron chi connectivity index (χ0n) is 9.36. The number of halogens is 1. The average molecular weight is 242 g/mol. The number of likely N-dealkylation sites (N-methyl/N-ethyl adjacent to an activating group) is 1. The number of rotatable bonds is 1. The van der Waals surface area contributed by atoms with Crippen LogP contribution < -0.4 is 10.6 Å². The first kappa shape index (κ1) is 11.4. The minimum atomic E-state index is 0.351. The summed E-state index contributed by atoms with van der Waals surface area (Å²) in [4.78, 5) is 12.9. The number of nitrogens with zero attached hydrogens (tertiary/aromatic N) is 4. The van der Waals surface area contributed by atoms with E-state index in [-0.39, 0.29) is 0 Å². The lowest BCUT2D eigenvalue weighted by atomic mass is 10.4. The summed E-state index contributed by atoms with van der Waals surface area (Å²) in [5, 5.41) is 0.413. The standard InChI is InChI=1S/C10H16ClN5/c1-15-3-2-4-16(6-5-15)10-13-7-8(11)9(12)14-10/h7H,2-6H2,1H3,(H2,12,13,14). The fraction of sp³-hybridized carbons (Fsp3) is 0.600. The molecule has 88 valence electrons. The minimum absolute atomic E-state index is 0.351. The molecular formula is C10H16ClN5.